The number of hydrogen-bond donors (Lipinski definition) is 0. The zero-order valence-corrected chi connectivity index (χ0v) is 6.42. The number of hydrogen-bond acceptors (Lipinski definition) is 1. The topological polar surface area (TPSA) is 0 Å². The van der Waals surface area contributed by atoms with Gasteiger partial charge in [-0.05, 0) is 0 Å². The zero-order chi connectivity index (χ0) is 4.71. The van der Waals surface area contributed by atoms with Gasteiger partial charge in [-0.2, -0.15) is 12.7 Å². The Morgan fingerprint density at radius 3 is 1.50 bits per heavy atom. The van der Waals surface area contributed by atoms with Crippen LogP contribution in [-0.4, -0.2) is 5.75 Å². The van der Waals surface area contributed by atoms with Crippen molar-refractivity contribution < 1.29 is 22.4 Å². The normalized spacial score (nSPS) is 4.00. The van der Waals surface area contributed by atoms with E-state index in [1.807, 2.05) is 6.92 Å². The second-order valence-corrected chi connectivity index (χ2v) is 0.866. The molecule has 0 saturated heterocycles. The van der Waals surface area contributed by atoms with Gasteiger partial charge in [0.15, 0.2) is 0 Å². The van der Waals surface area contributed by atoms with Crippen LogP contribution in [0, 0.1) is 6.92 Å². The van der Waals surface area contributed by atoms with Gasteiger partial charge in [-0.1, -0.05) is 6.92 Å². The summed E-state index contributed by atoms with van der Waals surface area (Å²) in [6.45, 7) is 6.94. The van der Waals surface area contributed by atoms with Gasteiger partial charge in [-0.15, -0.1) is 0 Å². The molecule has 0 saturated carbocycles. The summed E-state index contributed by atoms with van der Waals surface area (Å²) in [6, 6.07) is 0. The van der Waals surface area contributed by atoms with Crippen molar-refractivity contribution in [1.82, 2.24) is 0 Å². The van der Waals surface area contributed by atoms with Crippen LogP contribution in [-0.2, 0) is 35.0 Å². The number of rotatable bonds is 0. The molecule has 45 valence electrons. The minimum atomic E-state index is 0. The van der Waals surface area contributed by atoms with Crippen LogP contribution in [0.2, 0.25) is 0 Å². The summed E-state index contributed by atoms with van der Waals surface area (Å²) in [4.78, 5) is 0. The first kappa shape index (κ1) is 15.7. The zero-order valence-electron chi connectivity index (χ0n) is 4.12. The maximum absolute atomic E-state index is 4.39. The van der Waals surface area contributed by atoms with E-state index in [1.165, 1.54) is 0 Å². The Morgan fingerprint density at radius 2 is 1.50 bits per heavy atom. The van der Waals surface area contributed by atoms with E-state index in [4.69, 9.17) is 0 Å². The molecule has 0 fully saturated rings. The summed E-state index contributed by atoms with van der Waals surface area (Å²) < 4.78 is 0. The fourth-order valence-corrected chi connectivity index (χ4v) is 0. The molecule has 0 aliphatic heterocycles. The molecule has 0 bridgehead atoms. The summed E-state index contributed by atoms with van der Waals surface area (Å²) in [5.41, 5.74) is 0. The largest absolute Gasteiger partial charge is 0.793 e. The molecule has 0 aliphatic carbocycles. The molecule has 0 spiro atoms. The average molecular weight is 198 g/mol. The monoisotopic (exact) mass is 197 g/mol. The van der Waals surface area contributed by atoms with Crippen LogP contribution in [0.4, 0.5) is 0 Å². The van der Waals surface area contributed by atoms with Crippen LogP contribution in [0.3, 0.4) is 0 Å². The fourth-order valence-electron chi connectivity index (χ4n) is 0. The standard InChI is InChI=1S/C2H6S.C2H5.Ag/c1-2-3;1-2;/h3H,2H2,1H3;1H2,2H3;/q;-1;/p-1. The Balaban J connectivity index is -0.0000000275. The first-order valence-corrected chi connectivity index (χ1v) is 2.28. The maximum atomic E-state index is 4.39. The summed E-state index contributed by atoms with van der Waals surface area (Å²) in [5, 5.41) is 0. The minimum Gasteiger partial charge on any atom is -0.793 e. The van der Waals surface area contributed by atoms with Gasteiger partial charge >= 0.3 is 0 Å². The van der Waals surface area contributed by atoms with Gasteiger partial charge < -0.3 is 19.6 Å². The molecule has 2 heteroatoms. The van der Waals surface area contributed by atoms with E-state index in [1.54, 1.807) is 6.92 Å². The van der Waals surface area contributed by atoms with Crippen molar-refractivity contribution in [3.63, 3.8) is 0 Å². The Hall–Kier alpha value is 1.09. The smallest absolute Gasteiger partial charge is 0 e. The van der Waals surface area contributed by atoms with Gasteiger partial charge in [-0.3, -0.25) is 0 Å². The van der Waals surface area contributed by atoms with Crippen molar-refractivity contribution >= 4 is 12.6 Å². The van der Waals surface area contributed by atoms with Crippen LogP contribution in [0.25, 0.3) is 0 Å². The van der Waals surface area contributed by atoms with E-state index in [0.717, 1.165) is 5.75 Å². The molecular weight excluding hydrogens is 188 g/mol. The second-order valence-electron chi connectivity index (χ2n) is 0.289. The molecular formula is C4H10AgS-2. The van der Waals surface area contributed by atoms with Crippen LogP contribution >= 0.6 is 0 Å². The van der Waals surface area contributed by atoms with Crippen molar-refractivity contribution in [2.24, 2.45) is 0 Å². The Kier molecular flexibility index (Phi) is 94.6. The summed E-state index contributed by atoms with van der Waals surface area (Å²) in [6.07, 6.45) is 0. The molecule has 0 aromatic carbocycles. The molecule has 0 amide bonds. The molecule has 1 radical (unpaired) electrons. The van der Waals surface area contributed by atoms with E-state index in [0.29, 0.717) is 0 Å². The summed E-state index contributed by atoms with van der Waals surface area (Å²) in [5.74, 6) is 0.833. The van der Waals surface area contributed by atoms with Gasteiger partial charge in [0.2, 0.25) is 0 Å². The molecule has 0 atom stereocenters. The molecule has 0 aromatic rings. The van der Waals surface area contributed by atoms with Crippen LogP contribution in [0.1, 0.15) is 13.8 Å². The van der Waals surface area contributed by atoms with E-state index < -0.39 is 0 Å². The summed E-state index contributed by atoms with van der Waals surface area (Å²) in [7, 11) is 0. The first-order chi connectivity index (χ1) is 2.41. The van der Waals surface area contributed by atoms with Gasteiger partial charge in [0.1, 0.15) is 0 Å². The molecule has 0 aliphatic rings. The third-order valence-corrected chi connectivity index (χ3v) is 0. The predicted octanol–water partition coefficient (Wildman–Crippen LogP) is 1.39. The molecule has 0 unspecified atom stereocenters. The van der Waals surface area contributed by atoms with E-state index in [-0.39, 0.29) is 22.4 Å². The Labute approximate surface area is 61.6 Å². The van der Waals surface area contributed by atoms with E-state index in [2.05, 4.69) is 19.6 Å². The average Bonchev–Trinajstić information content (AvgIpc) is 1.46. The van der Waals surface area contributed by atoms with E-state index in [9.17, 15) is 0 Å². The molecule has 0 nitrogen and oxygen atoms in total. The van der Waals surface area contributed by atoms with Crippen molar-refractivity contribution in [3.05, 3.63) is 6.92 Å². The summed E-state index contributed by atoms with van der Waals surface area (Å²) >= 11 is 4.39. The Morgan fingerprint density at radius 1 is 1.50 bits per heavy atom. The first-order valence-electron chi connectivity index (χ1n) is 1.70. The SMILES string of the molecule is CC[S-].[Ag].[CH2-]C. The quantitative estimate of drug-likeness (QED) is 0.322. The van der Waals surface area contributed by atoms with Crippen molar-refractivity contribution in [2.45, 2.75) is 13.8 Å². The maximum Gasteiger partial charge on any atom is 0 e. The fraction of sp³-hybridized carbons (Fsp3) is 0.750. The van der Waals surface area contributed by atoms with Gasteiger partial charge in [-0.25, -0.2) is 0 Å². The van der Waals surface area contributed by atoms with Gasteiger partial charge in [0, 0.05) is 22.4 Å². The molecule has 6 heavy (non-hydrogen) atoms. The molecule has 0 heterocycles. The third-order valence-electron chi connectivity index (χ3n) is 0. The molecule has 0 rings (SSSR count). The predicted molar refractivity (Wildman–Crippen MR) is 28.9 cm³/mol. The van der Waals surface area contributed by atoms with Gasteiger partial charge in [0.05, 0.1) is 0 Å². The van der Waals surface area contributed by atoms with Crippen molar-refractivity contribution in [1.29, 1.82) is 0 Å². The second kappa shape index (κ2) is 36.1. The van der Waals surface area contributed by atoms with E-state index >= 15 is 0 Å². The third kappa shape index (κ3) is 71.6. The molecule has 0 N–H and O–H groups in total. The van der Waals surface area contributed by atoms with Gasteiger partial charge in [0.25, 0.3) is 0 Å². The minimum absolute atomic E-state index is 0. The van der Waals surface area contributed by atoms with Crippen molar-refractivity contribution in [2.75, 3.05) is 5.75 Å². The van der Waals surface area contributed by atoms with Crippen LogP contribution < -0.4 is 0 Å². The van der Waals surface area contributed by atoms with Crippen LogP contribution in [0.5, 0.6) is 0 Å². The molecule has 0 aromatic heterocycles. The Bertz CT molecular complexity index is 7.51. The van der Waals surface area contributed by atoms with Crippen molar-refractivity contribution in [3.8, 4) is 0 Å². The van der Waals surface area contributed by atoms with Crippen LogP contribution in [0.15, 0.2) is 0 Å².